The van der Waals surface area contributed by atoms with Gasteiger partial charge in [0.1, 0.15) is 5.82 Å². The van der Waals surface area contributed by atoms with E-state index in [1.807, 2.05) is 32.0 Å². The van der Waals surface area contributed by atoms with E-state index in [0.29, 0.717) is 5.82 Å². The number of hydrogen-bond donors (Lipinski definition) is 2. The SMILES string of the molecule is CCc1nc(C(=O)Nc2ccc(C)c(I)c2)n[nH]1. The molecule has 0 aliphatic carbocycles. The average Bonchev–Trinajstić information content (AvgIpc) is 2.82. The van der Waals surface area contributed by atoms with Crippen LogP contribution >= 0.6 is 22.6 Å². The minimum Gasteiger partial charge on any atom is -0.319 e. The molecule has 5 nitrogen and oxygen atoms in total. The number of anilines is 1. The number of benzene rings is 1. The number of rotatable bonds is 3. The summed E-state index contributed by atoms with van der Waals surface area (Å²) in [6.07, 6.45) is 0.725. The van der Waals surface area contributed by atoms with Gasteiger partial charge < -0.3 is 5.32 Å². The molecule has 2 rings (SSSR count). The van der Waals surface area contributed by atoms with Crippen LogP contribution in [0.5, 0.6) is 0 Å². The van der Waals surface area contributed by atoms with Crippen molar-refractivity contribution >= 4 is 34.2 Å². The van der Waals surface area contributed by atoms with Gasteiger partial charge in [0, 0.05) is 15.7 Å². The van der Waals surface area contributed by atoms with Crippen LogP contribution in [0.15, 0.2) is 18.2 Å². The highest BCUT2D eigenvalue weighted by Gasteiger charge is 2.12. The first-order valence-corrected chi connectivity index (χ1v) is 6.66. The van der Waals surface area contributed by atoms with Crippen molar-refractivity contribution in [2.45, 2.75) is 20.3 Å². The maximum Gasteiger partial charge on any atom is 0.295 e. The predicted molar refractivity (Wildman–Crippen MR) is 77.6 cm³/mol. The Bertz CT molecular complexity index is 579. The van der Waals surface area contributed by atoms with Crippen molar-refractivity contribution < 1.29 is 4.79 Å². The zero-order chi connectivity index (χ0) is 13.1. The number of H-pyrrole nitrogens is 1. The van der Waals surface area contributed by atoms with Gasteiger partial charge in [0.15, 0.2) is 0 Å². The minimum atomic E-state index is -0.300. The number of halogens is 1. The summed E-state index contributed by atoms with van der Waals surface area (Å²) in [7, 11) is 0. The molecule has 0 atom stereocenters. The minimum absolute atomic E-state index is 0.169. The Morgan fingerprint density at radius 1 is 1.50 bits per heavy atom. The van der Waals surface area contributed by atoms with Crippen molar-refractivity contribution in [3.8, 4) is 0 Å². The molecule has 0 bridgehead atoms. The van der Waals surface area contributed by atoms with E-state index in [0.717, 1.165) is 15.7 Å². The maximum absolute atomic E-state index is 11.9. The summed E-state index contributed by atoms with van der Waals surface area (Å²) in [5, 5.41) is 9.37. The van der Waals surface area contributed by atoms with Crippen LogP contribution in [0.25, 0.3) is 0 Å². The van der Waals surface area contributed by atoms with Gasteiger partial charge in [-0.05, 0) is 47.2 Å². The van der Waals surface area contributed by atoms with Crippen LogP contribution in [-0.4, -0.2) is 21.1 Å². The van der Waals surface area contributed by atoms with E-state index in [4.69, 9.17) is 0 Å². The topological polar surface area (TPSA) is 70.7 Å². The smallest absolute Gasteiger partial charge is 0.295 e. The van der Waals surface area contributed by atoms with Gasteiger partial charge in [-0.15, -0.1) is 5.10 Å². The molecule has 6 heteroatoms. The molecule has 0 fully saturated rings. The van der Waals surface area contributed by atoms with E-state index in [-0.39, 0.29) is 11.7 Å². The normalized spacial score (nSPS) is 10.4. The van der Waals surface area contributed by atoms with E-state index >= 15 is 0 Å². The summed E-state index contributed by atoms with van der Waals surface area (Å²) < 4.78 is 1.11. The van der Waals surface area contributed by atoms with Gasteiger partial charge in [-0.2, -0.15) is 0 Å². The number of nitrogens with zero attached hydrogens (tertiary/aromatic N) is 2. The van der Waals surface area contributed by atoms with Crippen molar-refractivity contribution in [3.05, 3.63) is 39.0 Å². The molecule has 0 aliphatic rings. The average molecular weight is 356 g/mol. The Morgan fingerprint density at radius 2 is 2.28 bits per heavy atom. The van der Waals surface area contributed by atoms with Crippen LogP contribution in [0.3, 0.4) is 0 Å². The van der Waals surface area contributed by atoms with Gasteiger partial charge in [-0.3, -0.25) is 9.89 Å². The molecule has 1 heterocycles. The van der Waals surface area contributed by atoms with Crippen LogP contribution in [0, 0.1) is 10.5 Å². The zero-order valence-electron chi connectivity index (χ0n) is 10.1. The first-order chi connectivity index (χ1) is 8.60. The highest BCUT2D eigenvalue weighted by atomic mass is 127. The first kappa shape index (κ1) is 13.0. The summed E-state index contributed by atoms with van der Waals surface area (Å²) in [5.41, 5.74) is 1.93. The Hall–Kier alpha value is -1.44. The van der Waals surface area contributed by atoms with Crippen molar-refractivity contribution in [1.82, 2.24) is 15.2 Å². The van der Waals surface area contributed by atoms with Crippen molar-refractivity contribution in [1.29, 1.82) is 0 Å². The largest absolute Gasteiger partial charge is 0.319 e. The van der Waals surface area contributed by atoms with Crippen LogP contribution in [0.2, 0.25) is 0 Å². The number of aromatic amines is 1. The quantitative estimate of drug-likeness (QED) is 0.831. The summed E-state index contributed by atoms with van der Waals surface area (Å²) in [4.78, 5) is 16.0. The van der Waals surface area contributed by atoms with Crippen molar-refractivity contribution in [3.63, 3.8) is 0 Å². The van der Waals surface area contributed by atoms with Gasteiger partial charge in [0.25, 0.3) is 5.91 Å². The summed E-state index contributed by atoms with van der Waals surface area (Å²) >= 11 is 2.23. The van der Waals surface area contributed by atoms with E-state index in [2.05, 4.69) is 43.1 Å². The van der Waals surface area contributed by atoms with E-state index in [9.17, 15) is 4.79 Å². The molecule has 1 aromatic carbocycles. The molecular formula is C12H13IN4O. The molecule has 0 unspecified atom stereocenters. The molecule has 0 saturated heterocycles. The van der Waals surface area contributed by atoms with Crippen LogP contribution in [0.4, 0.5) is 5.69 Å². The third-order valence-electron chi connectivity index (χ3n) is 2.50. The number of aromatic nitrogens is 3. The molecule has 0 spiro atoms. The fraction of sp³-hybridized carbons (Fsp3) is 0.250. The molecule has 0 aliphatic heterocycles. The Morgan fingerprint density at radius 3 is 2.89 bits per heavy atom. The molecule has 2 N–H and O–H groups in total. The van der Waals surface area contributed by atoms with Crippen LogP contribution < -0.4 is 5.32 Å². The number of carbonyl (C=O) groups is 1. The Balaban J connectivity index is 2.13. The van der Waals surface area contributed by atoms with Gasteiger partial charge in [-0.1, -0.05) is 13.0 Å². The van der Waals surface area contributed by atoms with Gasteiger partial charge >= 0.3 is 0 Å². The Labute approximate surface area is 119 Å². The van der Waals surface area contributed by atoms with Crippen LogP contribution in [-0.2, 0) is 6.42 Å². The standard InChI is InChI=1S/C12H13IN4O/c1-3-10-15-11(17-16-10)12(18)14-8-5-4-7(2)9(13)6-8/h4-6H,3H2,1-2H3,(H,14,18)(H,15,16,17). The highest BCUT2D eigenvalue weighted by molar-refractivity contribution is 14.1. The fourth-order valence-corrected chi connectivity index (χ4v) is 1.93. The van der Waals surface area contributed by atoms with Crippen LogP contribution in [0.1, 0.15) is 28.9 Å². The van der Waals surface area contributed by atoms with Gasteiger partial charge in [0.2, 0.25) is 5.82 Å². The molecule has 0 saturated carbocycles. The third-order valence-corrected chi connectivity index (χ3v) is 3.66. The second-order valence-corrected chi connectivity index (χ2v) is 5.04. The predicted octanol–water partition coefficient (Wildman–Crippen LogP) is 2.53. The highest BCUT2D eigenvalue weighted by Crippen LogP contribution is 2.17. The van der Waals surface area contributed by atoms with E-state index < -0.39 is 0 Å². The Kier molecular flexibility index (Phi) is 3.95. The van der Waals surface area contributed by atoms with Gasteiger partial charge in [0.05, 0.1) is 0 Å². The maximum atomic E-state index is 11.9. The number of carbonyl (C=O) groups excluding carboxylic acids is 1. The van der Waals surface area contributed by atoms with Gasteiger partial charge in [-0.25, -0.2) is 4.98 Å². The molecule has 18 heavy (non-hydrogen) atoms. The molecule has 2 aromatic rings. The second kappa shape index (κ2) is 5.47. The second-order valence-electron chi connectivity index (χ2n) is 3.88. The lowest BCUT2D eigenvalue weighted by Gasteiger charge is -2.04. The number of nitrogens with one attached hydrogen (secondary N) is 2. The van der Waals surface area contributed by atoms with Crippen molar-refractivity contribution in [2.75, 3.05) is 5.32 Å². The number of aryl methyl sites for hydroxylation is 2. The summed E-state index contributed by atoms with van der Waals surface area (Å²) in [6, 6.07) is 5.75. The van der Waals surface area contributed by atoms with E-state index in [1.54, 1.807) is 0 Å². The fourth-order valence-electron chi connectivity index (χ4n) is 1.41. The lowest BCUT2D eigenvalue weighted by atomic mass is 10.2. The monoisotopic (exact) mass is 356 g/mol. The zero-order valence-corrected chi connectivity index (χ0v) is 12.3. The lowest BCUT2D eigenvalue weighted by Crippen LogP contribution is -2.14. The van der Waals surface area contributed by atoms with E-state index in [1.165, 1.54) is 5.56 Å². The third kappa shape index (κ3) is 2.87. The molecular weight excluding hydrogens is 343 g/mol. The summed E-state index contributed by atoms with van der Waals surface area (Å²) in [5.74, 6) is 0.576. The molecule has 0 radical (unpaired) electrons. The lowest BCUT2D eigenvalue weighted by molar-refractivity contribution is 0.101. The number of hydrogen-bond acceptors (Lipinski definition) is 3. The molecule has 1 amide bonds. The van der Waals surface area contributed by atoms with Crippen molar-refractivity contribution in [2.24, 2.45) is 0 Å². The molecule has 1 aromatic heterocycles. The summed E-state index contributed by atoms with van der Waals surface area (Å²) in [6.45, 7) is 3.97. The number of amides is 1. The first-order valence-electron chi connectivity index (χ1n) is 5.59. The molecule has 94 valence electrons.